The quantitative estimate of drug-likeness (QED) is 0.742. The Morgan fingerprint density at radius 1 is 1.18 bits per heavy atom. The van der Waals surface area contributed by atoms with Gasteiger partial charge in [-0.05, 0) is 32.4 Å². The van der Waals surface area contributed by atoms with E-state index in [2.05, 4.69) is 47.8 Å². The van der Waals surface area contributed by atoms with Crippen molar-refractivity contribution < 1.29 is 0 Å². The van der Waals surface area contributed by atoms with Gasteiger partial charge in [0.15, 0.2) is 0 Å². The van der Waals surface area contributed by atoms with Crippen molar-refractivity contribution in [3.63, 3.8) is 0 Å². The lowest BCUT2D eigenvalue weighted by molar-refractivity contribution is 0.240. The van der Waals surface area contributed by atoms with Crippen molar-refractivity contribution in [2.45, 2.75) is 53.1 Å². The number of H-pyrrole nitrogens is 1. The standard InChI is InChI=1S/C22H27N5O/c1-4-8-21-23-20-11-12-26(14-19(20)22(28)24-21)13-18-15(2)25-27(16(18)3)17-9-6-5-7-10-17/h5-7,9-10H,4,8,11-14H2,1-3H3,(H,23,24,28). The Kier molecular flexibility index (Phi) is 5.13. The molecular formula is C22H27N5O. The third-order valence-corrected chi connectivity index (χ3v) is 5.51. The van der Waals surface area contributed by atoms with Gasteiger partial charge in [-0.1, -0.05) is 25.1 Å². The van der Waals surface area contributed by atoms with Crippen LogP contribution >= 0.6 is 0 Å². The summed E-state index contributed by atoms with van der Waals surface area (Å²) in [7, 11) is 0. The predicted octanol–water partition coefficient (Wildman–Crippen LogP) is 3.08. The number of aromatic nitrogens is 4. The maximum Gasteiger partial charge on any atom is 0.255 e. The van der Waals surface area contributed by atoms with Crippen molar-refractivity contribution in [1.82, 2.24) is 24.6 Å². The van der Waals surface area contributed by atoms with E-state index < -0.39 is 0 Å². The van der Waals surface area contributed by atoms with Gasteiger partial charge in [-0.2, -0.15) is 5.10 Å². The molecule has 0 amide bonds. The van der Waals surface area contributed by atoms with Crippen molar-refractivity contribution in [2.24, 2.45) is 0 Å². The second kappa shape index (κ2) is 7.72. The molecule has 1 aliphatic rings. The molecule has 0 saturated carbocycles. The smallest absolute Gasteiger partial charge is 0.255 e. The van der Waals surface area contributed by atoms with E-state index >= 15 is 0 Å². The predicted molar refractivity (Wildman–Crippen MR) is 110 cm³/mol. The van der Waals surface area contributed by atoms with Crippen LogP contribution in [0.4, 0.5) is 0 Å². The maximum absolute atomic E-state index is 12.5. The molecular weight excluding hydrogens is 350 g/mol. The molecule has 6 nitrogen and oxygen atoms in total. The number of benzene rings is 1. The zero-order valence-electron chi connectivity index (χ0n) is 16.8. The SMILES string of the molecule is CCCc1nc2c(c(=O)[nH]1)CN(Cc1c(C)nn(-c3ccccc3)c1C)CC2. The van der Waals surface area contributed by atoms with E-state index in [4.69, 9.17) is 5.10 Å². The molecule has 2 aromatic heterocycles. The van der Waals surface area contributed by atoms with Gasteiger partial charge in [0, 0.05) is 43.7 Å². The number of aromatic amines is 1. The summed E-state index contributed by atoms with van der Waals surface area (Å²) in [6.45, 7) is 8.61. The molecule has 28 heavy (non-hydrogen) atoms. The highest BCUT2D eigenvalue weighted by Gasteiger charge is 2.23. The fourth-order valence-electron chi connectivity index (χ4n) is 3.97. The first-order valence-corrected chi connectivity index (χ1v) is 10.0. The summed E-state index contributed by atoms with van der Waals surface area (Å²) < 4.78 is 2.01. The average Bonchev–Trinajstić information content (AvgIpc) is 2.98. The van der Waals surface area contributed by atoms with E-state index in [0.29, 0.717) is 6.54 Å². The fourth-order valence-corrected chi connectivity index (χ4v) is 3.97. The largest absolute Gasteiger partial charge is 0.310 e. The van der Waals surface area contributed by atoms with Crippen LogP contribution in [-0.2, 0) is 25.9 Å². The molecule has 1 N–H and O–H groups in total. The minimum atomic E-state index is 0.0200. The third-order valence-electron chi connectivity index (χ3n) is 5.51. The topological polar surface area (TPSA) is 66.8 Å². The molecule has 0 unspecified atom stereocenters. The molecule has 3 aromatic rings. The van der Waals surface area contributed by atoms with E-state index in [1.807, 2.05) is 22.9 Å². The summed E-state index contributed by atoms with van der Waals surface area (Å²) in [5.41, 5.74) is 6.30. The normalized spacial score (nSPS) is 14.2. The Labute approximate surface area is 165 Å². The Balaban J connectivity index is 1.57. The number of hydrogen-bond acceptors (Lipinski definition) is 4. The number of nitrogens with one attached hydrogen (secondary N) is 1. The van der Waals surface area contributed by atoms with Crippen LogP contribution in [0.15, 0.2) is 35.1 Å². The van der Waals surface area contributed by atoms with Gasteiger partial charge in [0.2, 0.25) is 0 Å². The van der Waals surface area contributed by atoms with E-state index in [-0.39, 0.29) is 5.56 Å². The highest BCUT2D eigenvalue weighted by atomic mass is 16.1. The number of aryl methyl sites for hydroxylation is 2. The minimum absolute atomic E-state index is 0.0200. The van der Waals surface area contributed by atoms with Crippen LogP contribution in [0.2, 0.25) is 0 Å². The highest BCUT2D eigenvalue weighted by Crippen LogP contribution is 2.22. The lowest BCUT2D eigenvalue weighted by atomic mass is 10.1. The van der Waals surface area contributed by atoms with Crippen molar-refractivity contribution in [1.29, 1.82) is 0 Å². The van der Waals surface area contributed by atoms with Gasteiger partial charge >= 0.3 is 0 Å². The molecule has 1 aliphatic heterocycles. The summed E-state index contributed by atoms with van der Waals surface area (Å²) in [6, 6.07) is 10.2. The molecule has 3 heterocycles. The zero-order valence-corrected chi connectivity index (χ0v) is 16.8. The third kappa shape index (κ3) is 3.52. The fraction of sp³-hybridized carbons (Fsp3) is 0.409. The first-order chi connectivity index (χ1) is 13.6. The van der Waals surface area contributed by atoms with Gasteiger partial charge in [0.05, 0.1) is 22.6 Å². The van der Waals surface area contributed by atoms with E-state index in [1.54, 1.807) is 0 Å². The van der Waals surface area contributed by atoms with Crippen LogP contribution in [0.1, 0.15) is 47.4 Å². The van der Waals surface area contributed by atoms with Gasteiger partial charge in [0.1, 0.15) is 5.82 Å². The average molecular weight is 377 g/mol. The van der Waals surface area contributed by atoms with Gasteiger partial charge < -0.3 is 4.98 Å². The molecule has 0 saturated heterocycles. The molecule has 1 aromatic carbocycles. The second-order valence-corrected chi connectivity index (χ2v) is 7.55. The first-order valence-electron chi connectivity index (χ1n) is 10.0. The van der Waals surface area contributed by atoms with Gasteiger partial charge in [-0.25, -0.2) is 9.67 Å². The first kappa shape index (κ1) is 18.6. The summed E-state index contributed by atoms with van der Waals surface area (Å²) >= 11 is 0. The monoisotopic (exact) mass is 377 g/mol. The van der Waals surface area contributed by atoms with Crippen molar-refractivity contribution in [3.8, 4) is 5.69 Å². The van der Waals surface area contributed by atoms with Gasteiger partial charge in [0.25, 0.3) is 5.56 Å². The summed E-state index contributed by atoms with van der Waals surface area (Å²) in [5.74, 6) is 0.815. The Hall–Kier alpha value is -2.73. The van der Waals surface area contributed by atoms with Crippen LogP contribution in [-0.4, -0.2) is 31.2 Å². The van der Waals surface area contributed by atoms with E-state index in [1.165, 1.54) is 5.56 Å². The Morgan fingerprint density at radius 3 is 2.71 bits per heavy atom. The van der Waals surface area contributed by atoms with Crippen molar-refractivity contribution in [2.75, 3.05) is 6.54 Å². The van der Waals surface area contributed by atoms with Crippen LogP contribution < -0.4 is 5.56 Å². The molecule has 0 radical (unpaired) electrons. The second-order valence-electron chi connectivity index (χ2n) is 7.55. The van der Waals surface area contributed by atoms with Crippen LogP contribution in [0.3, 0.4) is 0 Å². The lowest BCUT2D eigenvalue weighted by Crippen LogP contribution is -2.36. The highest BCUT2D eigenvalue weighted by molar-refractivity contribution is 5.37. The van der Waals surface area contributed by atoms with Gasteiger partial charge in [-0.15, -0.1) is 0 Å². The molecule has 0 aliphatic carbocycles. The van der Waals surface area contributed by atoms with Crippen LogP contribution in [0.25, 0.3) is 5.69 Å². The molecule has 146 valence electrons. The molecule has 4 rings (SSSR count). The number of nitrogens with zero attached hydrogens (tertiary/aromatic N) is 4. The van der Waals surface area contributed by atoms with E-state index in [9.17, 15) is 4.79 Å². The lowest BCUT2D eigenvalue weighted by Gasteiger charge is -2.27. The number of fused-ring (bicyclic) bond motifs is 1. The van der Waals surface area contributed by atoms with Crippen LogP contribution in [0.5, 0.6) is 0 Å². The molecule has 0 atom stereocenters. The van der Waals surface area contributed by atoms with Gasteiger partial charge in [-0.3, -0.25) is 9.69 Å². The molecule has 6 heteroatoms. The van der Waals surface area contributed by atoms with Crippen molar-refractivity contribution >= 4 is 0 Å². The number of para-hydroxylation sites is 1. The zero-order chi connectivity index (χ0) is 19.7. The van der Waals surface area contributed by atoms with Crippen LogP contribution in [0, 0.1) is 13.8 Å². The van der Waals surface area contributed by atoms with Crippen molar-refractivity contribution in [3.05, 3.63) is 74.7 Å². The summed E-state index contributed by atoms with van der Waals surface area (Å²) in [5, 5.41) is 4.75. The number of hydrogen-bond donors (Lipinski definition) is 1. The Bertz CT molecular complexity index is 1040. The molecule has 0 spiro atoms. The molecule has 0 fully saturated rings. The van der Waals surface area contributed by atoms with E-state index in [0.717, 1.165) is 66.5 Å². The number of rotatable bonds is 5. The maximum atomic E-state index is 12.5. The Morgan fingerprint density at radius 2 is 1.96 bits per heavy atom. The summed E-state index contributed by atoms with van der Waals surface area (Å²) in [6.07, 6.45) is 2.63. The summed E-state index contributed by atoms with van der Waals surface area (Å²) in [4.78, 5) is 22.5. The molecule has 0 bridgehead atoms. The minimum Gasteiger partial charge on any atom is -0.310 e.